The van der Waals surface area contributed by atoms with Gasteiger partial charge in [0, 0.05) is 18.2 Å². The highest BCUT2D eigenvalue weighted by atomic mass is 32.2. The van der Waals surface area contributed by atoms with Crippen molar-refractivity contribution in [2.75, 3.05) is 0 Å². The zero-order valence-electron chi connectivity index (χ0n) is 10.6. The normalized spacial score (nSPS) is 16.7. The average molecular weight is 284 g/mol. The van der Waals surface area contributed by atoms with E-state index in [1.54, 1.807) is 6.92 Å². The van der Waals surface area contributed by atoms with E-state index < -0.39 is 14.9 Å². The van der Waals surface area contributed by atoms with Crippen LogP contribution in [-0.2, 0) is 10.0 Å². The molecular weight excluding hydrogens is 268 g/mol. The van der Waals surface area contributed by atoms with Gasteiger partial charge in [0.15, 0.2) is 0 Å². The number of nitrogens with zero attached hydrogens (tertiary/aromatic N) is 1. The summed E-state index contributed by atoms with van der Waals surface area (Å²) in [5, 5.41) is 10.7. The quantitative estimate of drug-likeness (QED) is 0.677. The first-order valence-corrected chi connectivity index (χ1v) is 7.66. The third kappa shape index (κ3) is 3.10. The maximum absolute atomic E-state index is 12.3. The number of nitro groups is 1. The molecule has 19 heavy (non-hydrogen) atoms. The monoisotopic (exact) mass is 284 g/mol. The number of non-ortho nitro benzene ring substituents is 1. The summed E-state index contributed by atoms with van der Waals surface area (Å²) in [5.41, 5.74) is 0.300. The van der Waals surface area contributed by atoms with Crippen LogP contribution in [0.4, 0.5) is 5.69 Å². The number of sulfonamides is 1. The van der Waals surface area contributed by atoms with Gasteiger partial charge in [0.25, 0.3) is 5.69 Å². The summed E-state index contributed by atoms with van der Waals surface area (Å²) in [6.07, 6.45) is 3.68. The summed E-state index contributed by atoms with van der Waals surface area (Å²) in [6.45, 7) is 1.63. The predicted octanol–water partition coefficient (Wildman–Crippen LogP) is 2.12. The Kier molecular flexibility index (Phi) is 3.86. The van der Waals surface area contributed by atoms with Crippen molar-refractivity contribution in [2.45, 2.75) is 43.5 Å². The second-order valence-corrected chi connectivity index (χ2v) is 6.49. The van der Waals surface area contributed by atoms with Gasteiger partial charge in [-0.05, 0) is 25.3 Å². The topological polar surface area (TPSA) is 89.3 Å². The van der Waals surface area contributed by atoms with Crippen LogP contribution in [0.2, 0.25) is 0 Å². The van der Waals surface area contributed by atoms with E-state index in [2.05, 4.69) is 4.72 Å². The molecule has 0 saturated heterocycles. The molecule has 0 heterocycles. The van der Waals surface area contributed by atoms with Crippen LogP contribution in [0.15, 0.2) is 23.1 Å². The summed E-state index contributed by atoms with van der Waals surface area (Å²) >= 11 is 0. The molecule has 6 nitrogen and oxygen atoms in total. The lowest BCUT2D eigenvalue weighted by molar-refractivity contribution is -0.385. The highest BCUT2D eigenvalue weighted by Gasteiger charge is 2.25. The van der Waals surface area contributed by atoms with Gasteiger partial charge in [-0.1, -0.05) is 18.9 Å². The Morgan fingerprint density at radius 1 is 1.32 bits per heavy atom. The van der Waals surface area contributed by atoms with Crippen LogP contribution in [0, 0.1) is 17.0 Å². The number of benzene rings is 1. The molecule has 0 atom stereocenters. The van der Waals surface area contributed by atoms with Crippen molar-refractivity contribution in [3.8, 4) is 0 Å². The maximum Gasteiger partial charge on any atom is 0.270 e. The van der Waals surface area contributed by atoms with Crippen molar-refractivity contribution in [3.05, 3.63) is 33.9 Å². The van der Waals surface area contributed by atoms with Crippen molar-refractivity contribution >= 4 is 15.7 Å². The lowest BCUT2D eigenvalue weighted by atomic mass is 10.2. The molecule has 1 fully saturated rings. The van der Waals surface area contributed by atoms with Crippen molar-refractivity contribution in [2.24, 2.45) is 0 Å². The van der Waals surface area contributed by atoms with Crippen LogP contribution in [0.1, 0.15) is 31.2 Å². The lowest BCUT2D eigenvalue weighted by Crippen LogP contribution is -2.33. The number of nitrogens with one attached hydrogen (secondary N) is 1. The molecule has 0 radical (unpaired) electrons. The third-order valence-electron chi connectivity index (χ3n) is 3.35. The second-order valence-electron chi connectivity index (χ2n) is 4.81. The van der Waals surface area contributed by atoms with E-state index in [-0.39, 0.29) is 16.6 Å². The van der Waals surface area contributed by atoms with Crippen LogP contribution in [-0.4, -0.2) is 19.4 Å². The smallest absolute Gasteiger partial charge is 0.258 e. The van der Waals surface area contributed by atoms with Crippen molar-refractivity contribution in [1.29, 1.82) is 0 Å². The van der Waals surface area contributed by atoms with Gasteiger partial charge in [0.2, 0.25) is 10.0 Å². The first-order chi connectivity index (χ1) is 8.90. The molecule has 104 valence electrons. The van der Waals surface area contributed by atoms with Gasteiger partial charge in [-0.3, -0.25) is 10.1 Å². The van der Waals surface area contributed by atoms with Crippen LogP contribution < -0.4 is 4.72 Å². The fourth-order valence-corrected chi connectivity index (χ4v) is 3.89. The van der Waals surface area contributed by atoms with Gasteiger partial charge in [-0.25, -0.2) is 13.1 Å². The van der Waals surface area contributed by atoms with Crippen LogP contribution in [0.3, 0.4) is 0 Å². The second kappa shape index (κ2) is 5.26. The van der Waals surface area contributed by atoms with Gasteiger partial charge in [-0.15, -0.1) is 0 Å². The molecular formula is C12H16N2O4S. The molecule has 2 rings (SSSR count). The van der Waals surface area contributed by atoms with Crippen LogP contribution in [0.25, 0.3) is 0 Å². The molecule has 1 aromatic carbocycles. The van der Waals surface area contributed by atoms with E-state index in [0.717, 1.165) is 31.7 Å². The molecule has 0 aromatic heterocycles. The third-order valence-corrected chi connectivity index (χ3v) is 5.01. The Hall–Kier alpha value is -1.47. The standard InChI is InChI=1S/C12H16N2O4S/c1-9-6-7-11(14(15)16)8-12(9)19(17,18)13-10-4-2-3-5-10/h6-8,10,13H,2-5H2,1H3. The van der Waals surface area contributed by atoms with Crippen LogP contribution >= 0.6 is 0 Å². The molecule has 0 aliphatic heterocycles. The highest BCUT2D eigenvalue weighted by Crippen LogP contribution is 2.24. The SMILES string of the molecule is Cc1ccc([N+](=O)[O-])cc1S(=O)(=O)NC1CCCC1. The van der Waals surface area contributed by atoms with Gasteiger partial charge in [0.05, 0.1) is 9.82 Å². The molecule has 7 heteroatoms. The molecule has 0 unspecified atom stereocenters. The van der Waals surface area contributed by atoms with Crippen LogP contribution in [0.5, 0.6) is 0 Å². The van der Waals surface area contributed by atoms with E-state index in [4.69, 9.17) is 0 Å². The van der Waals surface area contributed by atoms with Gasteiger partial charge in [-0.2, -0.15) is 0 Å². The molecule has 1 aliphatic carbocycles. The molecule has 1 N–H and O–H groups in total. The van der Waals surface area contributed by atoms with E-state index in [0.29, 0.717) is 5.56 Å². The van der Waals surface area contributed by atoms with E-state index >= 15 is 0 Å². The largest absolute Gasteiger partial charge is 0.270 e. The zero-order chi connectivity index (χ0) is 14.0. The van der Waals surface area contributed by atoms with Crippen molar-refractivity contribution in [1.82, 2.24) is 4.72 Å². The molecule has 0 spiro atoms. The Morgan fingerprint density at radius 2 is 1.95 bits per heavy atom. The number of aryl methyl sites for hydroxylation is 1. The Bertz CT molecular complexity index is 592. The number of rotatable bonds is 4. The van der Waals surface area contributed by atoms with Gasteiger partial charge >= 0.3 is 0 Å². The minimum absolute atomic E-state index is 0.00593. The summed E-state index contributed by atoms with van der Waals surface area (Å²) in [4.78, 5) is 10.1. The number of hydrogen-bond donors (Lipinski definition) is 1. The number of nitro benzene ring substituents is 1. The highest BCUT2D eigenvalue weighted by molar-refractivity contribution is 7.89. The van der Waals surface area contributed by atoms with Gasteiger partial charge < -0.3 is 0 Å². The minimum atomic E-state index is -3.68. The first-order valence-electron chi connectivity index (χ1n) is 6.17. The summed E-state index contributed by atoms with van der Waals surface area (Å²) in [5.74, 6) is 0. The lowest BCUT2D eigenvalue weighted by Gasteiger charge is -2.13. The maximum atomic E-state index is 12.3. The summed E-state index contributed by atoms with van der Waals surface area (Å²) in [6, 6.07) is 3.83. The molecule has 1 aliphatic rings. The van der Waals surface area contributed by atoms with E-state index in [1.807, 2.05) is 0 Å². The Balaban J connectivity index is 2.33. The van der Waals surface area contributed by atoms with Crippen molar-refractivity contribution in [3.63, 3.8) is 0 Å². The fourth-order valence-electron chi connectivity index (χ4n) is 2.32. The van der Waals surface area contributed by atoms with E-state index in [1.165, 1.54) is 12.1 Å². The Labute approximate surface area is 112 Å². The average Bonchev–Trinajstić information content (AvgIpc) is 2.81. The summed E-state index contributed by atoms with van der Waals surface area (Å²) in [7, 11) is -3.68. The molecule has 0 bridgehead atoms. The molecule has 0 amide bonds. The minimum Gasteiger partial charge on any atom is -0.258 e. The molecule has 1 aromatic rings. The first kappa shape index (κ1) is 14.0. The fraction of sp³-hybridized carbons (Fsp3) is 0.500. The van der Waals surface area contributed by atoms with Crippen molar-refractivity contribution < 1.29 is 13.3 Å². The Morgan fingerprint density at radius 3 is 2.53 bits per heavy atom. The number of hydrogen-bond acceptors (Lipinski definition) is 4. The van der Waals surface area contributed by atoms with E-state index in [9.17, 15) is 18.5 Å². The van der Waals surface area contributed by atoms with Gasteiger partial charge in [0.1, 0.15) is 0 Å². The zero-order valence-corrected chi connectivity index (χ0v) is 11.4. The molecule has 1 saturated carbocycles. The predicted molar refractivity (Wildman–Crippen MR) is 70.4 cm³/mol. The summed E-state index contributed by atoms with van der Waals surface area (Å²) < 4.78 is 27.1.